The van der Waals surface area contributed by atoms with Gasteiger partial charge in [0.1, 0.15) is 18.3 Å². The van der Waals surface area contributed by atoms with E-state index in [1.165, 1.54) is 13.2 Å². The van der Waals surface area contributed by atoms with Crippen LogP contribution < -0.4 is 0 Å². The van der Waals surface area contributed by atoms with Crippen molar-refractivity contribution in [3.8, 4) is 0 Å². The van der Waals surface area contributed by atoms with Gasteiger partial charge < -0.3 is 28.4 Å². The van der Waals surface area contributed by atoms with E-state index in [1.54, 1.807) is 13.8 Å². The lowest BCUT2D eigenvalue weighted by Crippen LogP contribution is -2.35. The van der Waals surface area contributed by atoms with Gasteiger partial charge >= 0.3 is 5.97 Å². The molecular weight excluding hydrogens is 292 g/mol. The van der Waals surface area contributed by atoms with Crippen LogP contribution in [0.3, 0.4) is 0 Å². The molecule has 0 aromatic rings. The summed E-state index contributed by atoms with van der Waals surface area (Å²) in [6.07, 6.45) is -0.414. The predicted molar refractivity (Wildman–Crippen MR) is 73.7 cm³/mol. The van der Waals surface area contributed by atoms with Crippen LogP contribution in [-0.4, -0.2) is 55.9 Å². The molecule has 0 aliphatic carbocycles. The Morgan fingerprint density at radius 3 is 2.45 bits per heavy atom. The van der Waals surface area contributed by atoms with E-state index in [9.17, 15) is 4.79 Å². The minimum absolute atomic E-state index is 0.327. The van der Waals surface area contributed by atoms with E-state index in [2.05, 4.69) is 0 Å². The molecule has 0 N–H and O–H groups in total. The van der Waals surface area contributed by atoms with Crippen molar-refractivity contribution in [3.05, 3.63) is 11.6 Å². The van der Waals surface area contributed by atoms with Crippen molar-refractivity contribution in [1.29, 1.82) is 0 Å². The van der Waals surface area contributed by atoms with Gasteiger partial charge in [0, 0.05) is 11.6 Å². The second-order valence-corrected chi connectivity index (χ2v) is 6.52. The molecule has 4 atom stereocenters. The summed E-state index contributed by atoms with van der Waals surface area (Å²) in [7, 11) is 1.33. The zero-order valence-electron chi connectivity index (χ0n) is 13.5. The second kappa shape index (κ2) is 5.28. The van der Waals surface area contributed by atoms with Crippen LogP contribution in [0.2, 0.25) is 0 Å². The maximum atomic E-state index is 11.7. The van der Waals surface area contributed by atoms with Crippen LogP contribution in [0.1, 0.15) is 27.7 Å². The minimum Gasteiger partial charge on any atom is -0.466 e. The Hall–Kier alpha value is -0.990. The third-order valence-corrected chi connectivity index (χ3v) is 3.85. The van der Waals surface area contributed by atoms with Crippen molar-refractivity contribution >= 4 is 5.97 Å². The van der Waals surface area contributed by atoms with Crippen molar-refractivity contribution in [2.24, 2.45) is 0 Å². The summed E-state index contributed by atoms with van der Waals surface area (Å²) >= 11 is 0. The lowest BCUT2D eigenvalue weighted by atomic mass is 10.0. The van der Waals surface area contributed by atoms with E-state index in [-0.39, 0.29) is 6.10 Å². The Labute approximate surface area is 129 Å². The molecular formula is C15H22O7. The third kappa shape index (κ3) is 2.91. The molecule has 3 rings (SSSR count). The Kier molecular flexibility index (Phi) is 3.81. The Bertz CT molecular complexity index is 496. The van der Waals surface area contributed by atoms with Crippen LogP contribution in [-0.2, 0) is 33.2 Å². The highest BCUT2D eigenvalue weighted by atomic mass is 16.8. The first-order chi connectivity index (χ1) is 10.2. The molecule has 0 aromatic heterocycles. The average Bonchev–Trinajstić information content (AvgIpc) is 3.01. The molecule has 3 aliphatic heterocycles. The molecule has 0 amide bonds. The SMILES string of the molecule is COC(=O)/C=C1/[C@H]2OC(C)(C)O[C@H]2O[C@@H]1[C@H]1COC(C)(C)O1. The molecule has 0 unspecified atom stereocenters. The van der Waals surface area contributed by atoms with Gasteiger partial charge in [-0.1, -0.05) is 0 Å². The Morgan fingerprint density at radius 1 is 1.14 bits per heavy atom. The average molecular weight is 314 g/mol. The number of esters is 1. The van der Waals surface area contributed by atoms with Crippen LogP contribution in [0, 0.1) is 0 Å². The molecule has 0 radical (unpaired) electrons. The molecule has 3 aliphatic rings. The summed E-state index contributed by atoms with van der Waals surface area (Å²) in [6.45, 7) is 7.65. The number of rotatable bonds is 2. The largest absolute Gasteiger partial charge is 0.466 e. The van der Waals surface area contributed by atoms with Gasteiger partial charge in [0.05, 0.1) is 13.7 Å². The molecule has 0 aromatic carbocycles. The van der Waals surface area contributed by atoms with Crippen LogP contribution in [0.5, 0.6) is 0 Å². The van der Waals surface area contributed by atoms with Crippen LogP contribution >= 0.6 is 0 Å². The summed E-state index contributed by atoms with van der Waals surface area (Å²) in [5.41, 5.74) is 0.661. The number of carbonyl (C=O) groups is 1. The number of fused-ring (bicyclic) bond motifs is 1. The first-order valence-corrected chi connectivity index (χ1v) is 7.33. The van der Waals surface area contributed by atoms with E-state index >= 15 is 0 Å². The number of hydrogen-bond donors (Lipinski definition) is 0. The van der Waals surface area contributed by atoms with E-state index in [0.717, 1.165) is 0 Å². The fraction of sp³-hybridized carbons (Fsp3) is 0.800. The smallest absolute Gasteiger partial charge is 0.330 e. The quantitative estimate of drug-likeness (QED) is 0.558. The normalized spacial score (nSPS) is 40.9. The van der Waals surface area contributed by atoms with Crippen molar-refractivity contribution in [1.82, 2.24) is 0 Å². The van der Waals surface area contributed by atoms with Crippen LogP contribution in [0.15, 0.2) is 11.6 Å². The lowest BCUT2D eigenvalue weighted by Gasteiger charge is -2.25. The van der Waals surface area contributed by atoms with Crippen molar-refractivity contribution in [2.45, 2.75) is 63.9 Å². The first-order valence-electron chi connectivity index (χ1n) is 7.33. The van der Waals surface area contributed by atoms with Gasteiger partial charge in [-0.15, -0.1) is 0 Å². The molecule has 22 heavy (non-hydrogen) atoms. The Balaban J connectivity index is 1.85. The fourth-order valence-electron chi connectivity index (χ4n) is 2.97. The topological polar surface area (TPSA) is 72.5 Å². The van der Waals surface area contributed by atoms with Crippen LogP contribution in [0.25, 0.3) is 0 Å². The summed E-state index contributed by atoms with van der Waals surface area (Å²) in [5.74, 6) is -1.90. The molecule has 7 nitrogen and oxygen atoms in total. The van der Waals surface area contributed by atoms with Gasteiger partial charge in [-0.3, -0.25) is 0 Å². The van der Waals surface area contributed by atoms with E-state index in [4.69, 9.17) is 28.4 Å². The lowest BCUT2D eigenvalue weighted by molar-refractivity contribution is -0.215. The maximum Gasteiger partial charge on any atom is 0.330 e. The van der Waals surface area contributed by atoms with Gasteiger partial charge in [-0.25, -0.2) is 4.79 Å². The second-order valence-electron chi connectivity index (χ2n) is 6.52. The van der Waals surface area contributed by atoms with Gasteiger partial charge in [0.2, 0.25) is 0 Å². The molecule has 3 heterocycles. The molecule has 124 valence electrons. The zero-order chi connectivity index (χ0) is 16.1. The number of hydrogen-bond acceptors (Lipinski definition) is 7. The van der Waals surface area contributed by atoms with E-state index < -0.39 is 36.0 Å². The summed E-state index contributed by atoms with van der Waals surface area (Å²) in [6, 6.07) is 0. The number of ether oxygens (including phenoxy) is 6. The number of carbonyl (C=O) groups excluding carboxylic acids is 1. The molecule has 3 saturated heterocycles. The molecule has 3 fully saturated rings. The van der Waals surface area contributed by atoms with Gasteiger partial charge in [0.25, 0.3) is 0 Å². The zero-order valence-corrected chi connectivity index (χ0v) is 13.5. The fourth-order valence-corrected chi connectivity index (χ4v) is 2.97. The predicted octanol–water partition coefficient (Wildman–Crippen LogP) is 1.11. The molecule has 7 heteroatoms. The Morgan fingerprint density at radius 2 is 1.86 bits per heavy atom. The van der Waals surface area contributed by atoms with Gasteiger partial charge in [-0.05, 0) is 27.7 Å². The first kappa shape index (κ1) is 15.9. The number of methoxy groups -OCH3 is 1. The van der Waals surface area contributed by atoms with Crippen molar-refractivity contribution in [2.75, 3.05) is 13.7 Å². The monoisotopic (exact) mass is 314 g/mol. The highest BCUT2D eigenvalue weighted by molar-refractivity contribution is 5.83. The van der Waals surface area contributed by atoms with Gasteiger partial charge in [0.15, 0.2) is 17.9 Å². The minimum atomic E-state index is -0.762. The molecule has 0 saturated carbocycles. The summed E-state index contributed by atoms with van der Waals surface area (Å²) < 4.78 is 33.7. The summed E-state index contributed by atoms with van der Waals surface area (Å²) in [4.78, 5) is 11.7. The van der Waals surface area contributed by atoms with Crippen molar-refractivity contribution < 1.29 is 33.2 Å². The third-order valence-electron chi connectivity index (χ3n) is 3.85. The highest BCUT2D eigenvalue weighted by Crippen LogP contribution is 2.43. The van der Waals surface area contributed by atoms with Crippen molar-refractivity contribution in [3.63, 3.8) is 0 Å². The van der Waals surface area contributed by atoms with E-state index in [1.807, 2.05) is 13.8 Å². The van der Waals surface area contributed by atoms with Crippen LogP contribution in [0.4, 0.5) is 0 Å². The highest BCUT2D eigenvalue weighted by Gasteiger charge is 2.55. The van der Waals surface area contributed by atoms with E-state index in [0.29, 0.717) is 12.2 Å². The molecule has 0 spiro atoms. The summed E-state index contributed by atoms with van der Waals surface area (Å²) in [5, 5.41) is 0. The maximum absolute atomic E-state index is 11.7. The molecule has 0 bridgehead atoms. The standard InChI is InChI=1S/C15H22O7/c1-14(2)18-7-9(20-14)11-8(6-10(16)17-5)12-13(19-11)22-15(3,4)21-12/h6,9,11-13H,7H2,1-5H3/b8-6+/t9-,11+,12-,13-/m1/s1. The van der Waals surface area contributed by atoms with Gasteiger partial charge in [-0.2, -0.15) is 0 Å².